The molecule has 8 nitrogen and oxygen atoms in total. The van der Waals surface area contributed by atoms with E-state index in [1.165, 1.54) is 6.42 Å². The number of carbonyl (C=O) groups is 2. The van der Waals surface area contributed by atoms with E-state index in [9.17, 15) is 9.59 Å². The number of hydrogen-bond acceptors (Lipinski definition) is 4. The maximum absolute atomic E-state index is 13.2. The Hall–Kier alpha value is -4.20. The summed E-state index contributed by atoms with van der Waals surface area (Å²) in [5.41, 5.74) is 3.97. The summed E-state index contributed by atoms with van der Waals surface area (Å²) in [6, 6.07) is 17.4. The van der Waals surface area contributed by atoms with E-state index < -0.39 is 0 Å². The second-order valence-electron chi connectivity index (χ2n) is 9.22. The molecule has 0 aliphatic carbocycles. The average Bonchev–Trinajstić information content (AvgIpc) is 3.59. The Morgan fingerprint density at radius 1 is 1.08 bits per heavy atom. The predicted octanol–water partition coefficient (Wildman–Crippen LogP) is 4.85. The topological polar surface area (TPSA) is 95.9 Å². The number of aromatic nitrogens is 4. The number of nitrogens with zero attached hydrogens (tertiary/aromatic N) is 4. The van der Waals surface area contributed by atoms with E-state index in [2.05, 4.69) is 22.4 Å². The number of carbonyl (C=O) groups excluding carboxylic acids is 2. The molecule has 1 atom stereocenters. The molecule has 0 unspecified atom stereocenters. The molecule has 2 aromatic carbocycles. The first-order valence-electron chi connectivity index (χ1n) is 12.4. The van der Waals surface area contributed by atoms with E-state index in [1.54, 1.807) is 18.5 Å². The highest BCUT2D eigenvalue weighted by atomic mass is 16.2. The van der Waals surface area contributed by atoms with Gasteiger partial charge in [-0.2, -0.15) is 5.10 Å². The molecular formula is C28H30N6O2. The average molecular weight is 483 g/mol. The first kappa shape index (κ1) is 23.5. The molecule has 36 heavy (non-hydrogen) atoms. The zero-order valence-corrected chi connectivity index (χ0v) is 20.4. The zero-order chi connectivity index (χ0) is 24.9. The number of amides is 2. The number of imidazole rings is 1. The number of H-pyrrole nitrogens is 1. The summed E-state index contributed by atoms with van der Waals surface area (Å²) in [6.45, 7) is 2.95. The van der Waals surface area contributed by atoms with Gasteiger partial charge in [0, 0.05) is 54.6 Å². The molecule has 4 aromatic rings. The standard InChI is InChI=1S/C28H30N6O2/c1-20-8-5-6-15-33(20)26(35)14-13-24-19-34(25-11-3-2-4-12-25)28(31-24)32-27(36)22-10-7-9-21(16-22)23-17-29-30-18-23/h2-4,7,9-12,16-20H,5-6,8,13-15H2,1H3,(H,29,30)(H,31,32,36)/t20-/m0/s1. The van der Waals surface area contributed by atoms with E-state index in [0.29, 0.717) is 30.4 Å². The summed E-state index contributed by atoms with van der Waals surface area (Å²) in [7, 11) is 0. The number of piperidine rings is 1. The van der Waals surface area contributed by atoms with Crippen molar-refractivity contribution in [3.8, 4) is 16.8 Å². The van der Waals surface area contributed by atoms with Crippen molar-refractivity contribution in [3.63, 3.8) is 0 Å². The highest BCUT2D eigenvalue weighted by Gasteiger charge is 2.23. The van der Waals surface area contributed by atoms with Crippen LogP contribution in [-0.4, -0.2) is 49.0 Å². The third-order valence-corrected chi connectivity index (χ3v) is 6.69. The molecule has 5 rings (SSSR count). The summed E-state index contributed by atoms with van der Waals surface area (Å²) in [6.07, 6.45) is 9.63. The van der Waals surface area contributed by atoms with Crippen LogP contribution in [0, 0.1) is 0 Å². The number of rotatable bonds is 7. The number of nitrogens with one attached hydrogen (secondary N) is 2. The van der Waals surface area contributed by atoms with Crippen molar-refractivity contribution in [2.45, 2.75) is 45.1 Å². The van der Waals surface area contributed by atoms with E-state index in [0.717, 1.165) is 41.9 Å². The second-order valence-corrected chi connectivity index (χ2v) is 9.22. The van der Waals surface area contributed by atoms with Crippen LogP contribution in [0.25, 0.3) is 16.8 Å². The van der Waals surface area contributed by atoms with Gasteiger partial charge in [0.25, 0.3) is 5.91 Å². The molecule has 0 bridgehead atoms. The molecular weight excluding hydrogens is 452 g/mol. The molecule has 1 fully saturated rings. The molecule has 2 N–H and O–H groups in total. The van der Waals surface area contributed by atoms with Gasteiger partial charge < -0.3 is 4.90 Å². The van der Waals surface area contributed by atoms with Gasteiger partial charge in [-0.3, -0.25) is 24.6 Å². The summed E-state index contributed by atoms with van der Waals surface area (Å²) in [4.78, 5) is 32.7. The molecule has 8 heteroatoms. The third-order valence-electron chi connectivity index (χ3n) is 6.69. The normalized spacial score (nSPS) is 15.6. The van der Waals surface area contributed by atoms with E-state index >= 15 is 0 Å². The summed E-state index contributed by atoms with van der Waals surface area (Å²) >= 11 is 0. The zero-order valence-electron chi connectivity index (χ0n) is 20.4. The van der Waals surface area contributed by atoms with E-state index in [-0.39, 0.29) is 11.8 Å². The Labute approximate surface area is 210 Å². The Morgan fingerprint density at radius 3 is 2.72 bits per heavy atom. The third kappa shape index (κ3) is 5.22. The first-order valence-corrected chi connectivity index (χ1v) is 12.4. The minimum absolute atomic E-state index is 0.165. The molecule has 2 amide bonds. The maximum atomic E-state index is 13.2. The highest BCUT2D eigenvalue weighted by molar-refractivity contribution is 6.04. The molecule has 1 aliphatic heterocycles. The SMILES string of the molecule is C[C@H]1CCCCN1C(=O)CCc1cn(-c2ccccc2)c(NC(=O)c2cccc(-c3cn[nH]c3)c2)n1. The van der Waals surface area contributed by atoms with Gasteiger partial charge in [0.05, 0.1) is 11.9 Å². The van der Waals surface area contributed by atoms with E-state index in [1.807, 2.05) is 64.2 Å². The van der Waals surface area contributed by atoms with Crippen LogP contribution < -0.4 is 5.32 Å². The van der Waals surface area contributed by atoms with Gasteiger partial charge in [-0.05, 0) is 56.0 Å². The van der Waals surface area contributed by atoms with Crippen LogP contribution in [0.2, 0.25) is 0 Å². The van der Waals surface area contributed by atoms with Gasteiger partial charge in [0.1, 0.15) is 0 Å². The van der Waals surface area contributed by atoms with Gasteiger partial charge in [-0.1, -0.05) is 30.3 Å². The van der Waals surface area contributed by atoms with Crippen LogP contribution >= 0.6 is 0 Å². The summed E-state index contributed by atoms with van der Waals surface area (Å²) in [5.74, 6) is 0.333. The summed E-state index contributed by atoms with van der Waals surface area (Å²) in [5, 5.41) is 9.75. The molecule has 0 saturated carbocycles. The lowest BCUT2D eigenvalue weighted by atomic mass is 10.0. The van der Waals surface area contributed by atoms with Crippen molar-refractivity contribution in [1.82, 2.24) is 24.6 Å². The highest BCUT2D eigenvalue weighted by Crippen LogP contribution is 2.22. The van der Waals surface area contributed by atoms with Crippen LogP contribution in [-0.2, 0) is 11.2 Å². The fraction of sp³-hybridized carbons (Fsp3) is 0.286. The van der Waals surface area contributed by atoms with E-state index in [4.69, 9.17) is 4.98 Å². The van der Waals surface area contributed by atoms with Crippen LogP contribution in [0.4, 0.5) is 5.95 Å². The van der Waals surface area contributed by atoms with Gasteiger partial charge in [-0.15, -0.1) is 0 Å². The number of para-hydroxylation sites is 1. The number of aromatic amines is 1. The minimum atomic E-state index is -0.257. The van der Waals surface area contributed by atoms with Crippen molar-refractivity contribution >= 4 is 17.8 Å². The maximum Gasteiger partial charge on any atom is 0.258 e. The van der Waals surface area contributed by atoms with Crippen molar-refractivity contribution in [1.29, 1.82) is 0 Å². The first-order chi connectivity index (χ1) is 17.6. The second kappa shape index (κ2) is 10.6. The lowest BCUT2D eigenvalue weighted by Gasteiger charge is -2.33. The molecule has 0 radical (unpaired) electrons. The molecule has 184 valence electrons. The van der Waals surface area contributed by atoms with Crippen molar-refractivity contribution < 1.29 is 9.59 Å². The van der Waals surface area contributed by atoms with Crippen LogP contribution in [0.1, 0.15) is 48.7 Å². The fourth-order valence-corrected chi connectivity index (χ4v) is 4.69. The fourth-order valence-electron chi connectivity index (χ4n) is 4.69. The predicted molar refractivity (Wildman–Crippen MR) is 139 cm³/mol. The van der Waals surface area contributed by atoms with Crippen molar-refractivity contribution in [2.24, 2.45) is 0 Å². The number of hydrogen-bond donors (Lipinski definition) is 2. The summed E-state index contributed by atoms with van der Waals surface area (Å²) < 4.78 is 1.86. The molecule has 0 spiro atoms. The Bertz CT molecular complexity index is 1330. The molecule has 1 aliphatic rings. The smallest absolute Gasteiger partial charge is 0.258 e. The molecule has 3 heterocycles. The van der Waals surface area contributed by atoms with Gasteiger partial charge in [0.15, 0.2) is 0 Å². The van der Waals surface area contributed by atoms with Gasteiger partial charge in [-0.25, -0.2) is 4.98 Å². The number of anilines is 1. The Balaban J connectivity index is 1.35. The van der Waals surface area contributed by atoms with Gasteiger partial charge >= 0.3 is 0 Å². The minimum Gasteiger partial charge on any atom is -0.340 e. The molecule has 1 saturated heterocycles. The monoisotopic (exact) mass is 482 g/mol. The van der Waals surface area contributed by atoms with Crippen molar-refractivity contribution in [2.75, 3.05) is 11.9 Å². The van der Waals surface area contributed by atoms with Crippen LogP contribution in [0.5, 0.6) is 0 Å². The van der Waals surface area contributed by atoms with Crippen LogP contribution in [0.3, 0.4) is 0 Å². The lowest BCUT2D eigenvalue weighted by Crippen LogP contribution is -2.42. The van der Waals surface area contributed by atoms with Gasteiger partial charge in [0.2, 0.25) is 11.9 Å². The number of likely N-dealkylation sites (tertiary alicyclic amines) is 1. The largest absolute Gasteiger partial charge is 0.340 e. The van der Waals surface area contributed by atoms with Crippen molar-refractivity contribution in [3.05, 3.63) is 84.4 Å². The van der Waals surface area contributed by atoms with Crippen LogP contribution in [0.15, 0.2) is 73.2 Å². The number of aryl methyl sites for hydroxylation is 1. The Morgan fingerprint density at radius 2 is 1.94 bits per heavy atom. The number of benzene rings is 2. The molecule has 2 aromatic heterocycles. The Kier molecular flexibility index (Phi) is 6.93. The lowest BCUT2D eigenvalue weighted by molar-refractivity contribution is -0.134. The quantitative estimate of drug-likeness (QED) is 0.394.